The van der Waals surface area contributed by atoms with Crippen molar-refractivity contribution in [2.24, 2.45) is 0 Å². The van der Waals surface area contributed by atoms with Crippen molar-refractivity contribution in [1.82, 2.24) is 0 Å². The zero-order valence-corrected chi connectivity index (χ0v) is 14.4. The molecule has 0 radical (unpaired) electrons. The van der Waals surface area contributed by atoms with Crippen molar-refractivity contribution in [2.75, 3.05) is 0 Å². The molecule has 0 fully saturated rings. The van der Waals surface area contributed by atoms with Crippen molar-refractivity contribution in [3.8, 4) is 0 Å². The Bertz CT molecular complexity index is 700. The molecule has 1 atom stereocenters. The second-order valence-corrected chi connectivity index (χ2v) is 6.63. The molecule has 0 spiro atoms. The van der Waals surface area contributed by atoms with Gasteiger partial charge in [0.05, 0.1) is 0 Å². The molecule has 1 nitrogen and oxygen atoms in total. The second kappa shape index (κ2) is 6.14. The van der Waals surface area contributed by atoms with E-state index in [4.69, 9.17) is 0 Å². The summed E-state index contributed by atoms with van der Waals surface area (Å²) >= 11 is 6.08. The van der Waals surface area contributed by atoms with Crippen molar-refractivity contribution >= 4 is 31.9 Å². The molecule has 124 valence electrons. The molecule has 0 saturated heterocycles. The predicted molar refractivity (Wildman–Crippen MR) is 82.3 cm³/mol. The monoisotopic (exact) mass is 458 g/mol. The van der Waals surface area contributed by atoms with E-state index < -0.39 is 28.8 Å². The molecule has 0 saturated carbocycles. The summed E-state index contributed by atoms with van der Waals surface area (Å²) in [7, 11) is 0. The summed E-state index contributed by atoms with van der Waals surface area (Å²) < 4.78 is 68.0. The van der Waals surface area contributed by atoms with E-state index in [1.807, 2.05) is 0 Å². The Morgan fingerprint density at radius 1 is 0.739 bits per heavy atom. The van der Waals surface area contributed by atoms with Crippen LogP contribution in [0.15, 0.2) is 57.5 Å². The molecule has 1 unspecified atom stereocenters. The van der Waals surface area contributed by atoms with Gasteiger partial charge in [-0.3, -0.25) is 0 Å². The highest BCUT2D eigenvalue weighted by molar-refractivity contribution is 9.10. The molecule has 2 aromatic rings. The second-order valence-electron chi connectivity index (χ2n) is 4.80. The van der Waals surface area contributed by atoms with Gasteiger partial charge >= 0.3 is 12.1 Å². The smallest absolute Gasteiger partial charge is 0.374 e. The van der Waals surface area contributed by atoms with E-state index in [0.717, 1.165) is 24.3 Å². The third-order valence-electron chi connectivity index (χ3n) is 3.31. The number of alkyl halides is 5. The lowest BCUT2D eigenvalue weighted by molar-refractivity contribution is -0.336. The Hall–Kier alpha value is -0.990. The molecule has 0 aliphatic heterocycles. The van der Waals surface area contributed by atoms with Crippen LogP contribution in [0.2, 0.25) is 0 Å². The number of aliphatic hydroxyl groups is 1. The van der Waals surface area contributed by atoms with E-state index in [-0.39, 0.29) is 4.47 Å². The largest absolute Gasteiger partial charge is 0.457 e. The van der Waals surface area contributed by atoms with E-state index in [9.17, 15) is 27.1 Å². The molecule has 2 aromatic carbocycles. The van der Waals surface area contributed by atoms with Gasteiger partial charge in [-0.05, 0) is 35.4 Å². The van der Waals surface area contributed by atoms with E-state index in [1.165, 1.54) is 24.3 Å². The zero-order valence-electron chi connectivity index (χ0n) is 11.2. The van der Waals surface area contributed by atoms with Gasteiger partial charge in [0.25, 0.3) is 0 Å². The van der Waals surface area contributed by atoms with Crippen LogP contribution in [-0.2, 0) is 5.60 Å². The van der Waals surface area contributed by atoms with Gasteiger partial charge in [-0.2, -0.15) is 22.0 Å². The number of hydrogen-bond donors (Lipinski definition) is 1. The quantitative estimate of drug-likeness (QED) is 0.588. The average molecular weight is 460 g/mol. The van der Waals surface area contributed by atoms with Crippen molar-refractivity contribution in [3.63, 3.8) is 0 Å². The van der Waals surface area contributed by atoms with E-state index in [0.29, 0.717) is 4.47 Å². The van der Waals surface area contributed by atoms with Crippen LogP contribution in [0.3, 0.4) is 0 Å². The first kappa shape index (κ1) is 18.4. The van der Waals surface area contributed by atoms with Crippen LogP contribution in [-0.4, -0.2) is 17.2 Å². The summed E-state index contributed by atoms with van der Waals surface area (Å²) in [5.74, 6) is -5.39. The number of hydrogen-bond acceptors (Lipinski definition) is 1. The minimum atomic E-state index is -5.93. The molecule has 0 bridgehead atoms. The number of halogens is 7. The number of rotatable bonds is 3. The molecule has 23 heavy (non-hydrogen) atoms. The fraction of sp³-hybridized carbons (Fsp3) is 0.200. The van der Waals surface area contributed by atoms with Crippen molar-refractivity contribution in [1.29, 1.82) is 0 Å². The third kappa shape index (κ3) is 3.16. The van der Waals surface area contributed by atoms with Gasteiger partial charge in [-0.15, -0.1) is 0 Å². The molecule has 0 amide bonds. The molecule has 0 aliphatic carbocycles. The fourth-order valence-corrected chi connectivity index (χ4v) is 2.80. The van der Waals surface area contributed by atoms with Gasteiger partial charge in [0.15, 0.2) is 5.60 Å². The van der Waals surface area contributed by atoms with Crippen LogP contribution in [0.5, 0.6) is 0 Å². The Morgan fingerprint density at radius 3 is 1.78 bits per heavy atom. The molecular formula is C15H9Br2F5O. The highest BCUT2D eigenvalue weighted by atomic mass is 79.9. The van der Waals surface area contributed by atoms with Crippen molar-refractivity contribution in [2.45, 2.75) is 17.7 Å². The van der Waals surface area contributed by atoms with Crippen LogP contribution in [0.1, 0.15) is 11.1 Å². The van der Waals surface area contributed by atoms with E-state index >= 15 is 0 Å². The van der Waals surface area contributed by atoms with Crippen LogP contribution >= 0.6 is 31.9 Å². The van der Waals surface area contributed by atoms with Gasteiger partial charge in [0.2, 0.25) is 0 Å². The molecular weight excluding hydrogens is 451 g/mol. The minimum Gasteiger partial charge on any atom is -0.374 e. The Kier molecular flexibility index (Phi) is 4.90. The first-order valence-corrected chi connectivity index (χ1v) is 7.78. The van der Waals surface area contributed by atoms with Gasteiger partial charge < -0.3 is 5.11 Å². The zero-order chi connectivity index (χ0) is 17.5. The van der Waals surface area contributed by atoms with Gasteiger partial charge in [0, 0.05) is 8.95 Å². The third-order valence-corrected chi connectivity index (χ3v) is 4.34. The summed E-state index contributed by atoms with van der Waals surface area (Å²) in [5, 5.41) is 10.5. The van der Waals surface area contributed by atoms with Crippen molar-refractivity contribution < 1.29 is 27.1 Å². The van der Waals surface area contributed by atoms with Crippen LogP contribution in [0, 0.1) is 0 Å². The summed E-state index contributed by atoms with van der Waals surface area (Å²) in [6.07, 6.45) is -5.93. The van der Waals surface area contributed by atoms with Gasteiger partial charge in [0.1, 0.15) is 0 Å². The highest BCUT2D eigenvalue weighted by Crippen LogP contribution is 2.52. The first-order chi connectivity index (χ1) is 10.5. The Balaban J connectivity index is 2.77. The predicted octanol–water partition coefficient (Wildman–Crippen LogP) is 5.65. The lowest BCUT2D eigenvalue weighted by Gasteiger charge is -2.37. The maximum atomic E-state index is 14.2. The van der Waals surface area contributed by atoms with Crippen LogP contribution in [0.4, 0.5) is 22.0 Å². The maximum absolute atomic E-state index is 14.2. The highest BCUT2D eigenvalue weighted by Gasteiger charge is 2.71. The molecule has 0 heterocycles. The maximum Gasteiger partial charge on any atom is 0.457 e. The lowest BCUT2D eigenvalue weighted by Crippen LogP contribution is -2.55. The summed E-state index contributed by atoms with van der Waals surface area (Å²) in [6, 6.07) is 9.38. The van der Waals surface area contributed by atoms with Crippen LogP contribution < -0.4 is 0 Å². The molecule has 8 heteroatoms. The van der Waals surface area contributed by atoms with Crippen LogP contribution in [0.25, 0.3) is 0 Å². The standard InChI is InChI=1S/C15H9Br2F5O/c16-11-6-4-9(5-7-11)13(23,14(18,19)15(20,21)22)10-2-1-3-12(17)8-10/h1-8,23H. The molecule has 0 aliphatic rings. The summed E-state index contributed by atoms with van der Waals surface area (Å²) in [5.41, 5.74) is -4.70. The first-order valence-electron chi connectivity index (χ1n) is 6.19. The molecule has 1 N–H and O–H groups in total. The Labute approximate surface area is 145 Å². The van der Waals surface area contributed by atoms with Crippen molar-refractivity contribution in [3.05, 3.63) is 68.6 Å². The SMILES string of the molecule is OC(c1ccc(Br)cc1)(c1cccc(Br)c1)C(F)(F)C(F)(F)F. The normalized spacial score (nSPS) is 15.3. The summed E-state index contributed by atoms with van der Waals surface area (Å²) in [4.78, 5) is 0. The summed E-state index contributed by atoms with van der Waals surface area (Å²) in [6.45, 7) is 0. The lowest BCUT2D eigenvalue weighted by atomic mass is 9.80. The van der Waals surface area contributed by atoms with E-state index in [1.54, 1.807) is 0 Å². The molecule has 0 aromatic heterocycles. The fourth-order valence-electron chi connectivity index (χ4n) is 2.14. The minimum absolute atomic E-state index is 0.267. The average Bonchev–Trinajstić information content (AvgIpc) is 2.45. The number of benzene rings is 2. The Morgan fingerprint density at radius 2 is 1.30 bits per heavy atom. The van der Waals surface area contributed by atoms with Gasteiger partial charge in [-0.1, -0.05) is 56.1 Å². The van der Waals surface area contributed by atoms with E-state index in [2.05, 4.69) is 31.9 Å². The topological polar surface area (TPSA) is 20.2 Å². The van der Waals surface area contributed by atoms with Gasteiger partial charge in [-0.25, -0.2) is 0 Å². The molecule has 2 rings (SSSR count).